The molecule has 0 aromatic heterocycles. The topological polar surface area (TPSA) is 87.0 Å². The lowest BCUT2D eigenvalue weighted by Crippen LogP contribution is -2.09. The van der Waals surface area contributed by atoms with Gasteiger partial charge >= 0.3 is 5.97 Å². The molecule has 0 unspecified atom stereocenters. The standard InChI is InChI=1S/C34H52O5/c1-3-5-7-9-11-12-13-15-17-19-22-28-25-26-29(33(37)32(28)36)34(38)39-30-24-20-23-27(31(30)35)21-18-16-14-10-8-6-4-2/h20,23-26,35-37H,3-19,21-22H2,1-2H3. The summed E-state index contributed by atoms with van der Waals surface area (Å²) in [6.07, 6.45) is 21.9. The summed E-state index contributed by atoms with van der Waals surface area (Å²) in [5.74, 6) is -1.52. The van der Waals surface area contributed by atoms with E-state index in [1.54, 1.807) is 12.1 Å². The molecule has 0 heterocycles. The minimum Gasteiger partial charge on any atom is -0.504 e. The first kappa shape index (κ1) is 32.5. The van der Waals surface area contributed by atoms with Gasteiger partial charge in [0.2, 0.25) is 0 Å². The van der Waals surface area contributed by atoms with Gasteiger partial charge in [-0.3, -0.25) is 0 Å². The summed E-state index contributed by atoms with van der Waals surface area (Å²) >= 11 is 0. The van der Waals surface area contributed by atoms with E-state index in [0.29, 0.717) is 18.4 Å². The van der Waals surface area contributed by atoms with Gasteiger partial charge in [0.1, 0.15) is 5.56 Å². The molecule has 2 rings (SSSR count). The molecule has 0 bridgehead atoms. The first-order valence-corrected chi connectivity index (χ1v) is 15.6. The number of unbranched alkanes of at least 4 members (excludes halogenated alkanes) is 15. The van der Waals surface area contributed by atoms with Gasteiger partial charge in [0.15, 0.2) is 23.0 Å². The second kappa shape index (κ2) is 19.4. The number of hydrogen-bond acceptors (Lipinski definition) is 5. The number of phenols is 3. The zero-order valence-electron chi connectivity index (χ0n) is 24.5. The summed E-state index contributed by atoms with van der Waals surface area (Å²) in [4.78, 5) is 12.8. The first-order chi connectivity index (χ1) is 19.0. The van der Waals surface area contributed by atoms with E-state index in [9.17, 15) is 20.1 Å². The summed E-state index contributed by atoms with van der Waals surface area (Å²) < 4.78 is 5.43. The van der Waals surface area contributed by atoms with Crippen LogP contribution in [0.1, 0.15) is 144 Å². The van der Waals surface area contributed by atoms with Gasteiger partial charge in [-0.15, -0.1) is 0 Å². The van der Waals surface area contributed by atoms with Crippen molar-refractivity contribution in [2.45, 2.75) is 136 Å². The number of aromatic hydroxyl groups is 3. The number of hydrogen-bond donors (Lipinski definition) is 3. The molecular weight excluding hydrogens is 488 g/mol. The maximum absolute atomic E-state index is 12.8. The van der Waals surface area contributed by atoms with E-state index in [1.165, 1.54) is 95.6 Å². The Morgan fingerprint density at radius 1 is 0.564 bits per heavy atom. The summed E-state index contributed by atoms with van der Waals surface area (Å²) in [6.45, 7) is 4.45. The van der Waals surface area contributed by atoms with Gasteiger partial charge in [-0.1, -0.05) is 128 Å². The average molecular weight is 541 g/mol. The molecule has 218 valence electrons. The number of benzene rings is 2. The number of para-hydroxylation sites is 1. The summed E-state index contributed by atoms with van der Waals surface area (Å²) in [5.41, 5.74) is 1.26. The Bertz CT molecular complexity index is 968. The Kier molecular flexibility index (Phi) is 16.2. The number of carbonyl (C=O) groups excluding carboxylic acids is 1. The van der Waals surface area contributed by atoms with Crippen LogP contribution >= 0.6 is 0 Å². The van der Waals surface area contributed by atoms with Crippen LogP contribution < -0.4 is 4.74 Å². The van der Waals surface area contributed by atoms with Gasteiger partial charge < -0.3 is 20.1 Å². The van der Waals surface area contributed by atoms with Crippen molar-refractivity contribution in [1.82, 2.24) is 0 Å². The zero-order valence-corrected chi connectivity index (χ0v) is 24.5. The maximum Gasteiger partial charge on any atom is 0.347 e. The van der Waals surface area contributed by atoms with Crippen molar-refractivity contribution < 1.29 is 24.9 Å². The second-order valence-corrected chi connectivity index (χ2v) is 10.9. The molecule has 5 nitrogen and oxygen atoms in total. The van der Waals surface area contributed by atoms with Crippen molar-refractivity contribution in [3.05, 3.63) is 47.0 Å². The van der Waals surface area contributed by atoms with E-state index in [-0.39, 0.29) is 22.8 Å². The Balaban J connectivity index is 1.81. The largest absolute Gasteiger partial charge is 0.504 e. The van der Waals surface area contributed by atoms with E-state index in [0.717, 1.165) is 31.2 Å². The predicted octanol–water partition coefficient (Wildman–Crippen LogP) is 9.78. The fraction of sp³-hybridized carbons (Fsp3) is 0.618. The monoisotopic (exact) mass is 540 g/mol. The van der Waals surface area contributed by atoms with Crippen LogP contribution in [-0.4, -0.2) is 21.3 Å². The highest BCUT2D eigenvalue weighted by Crippen LogP contribution is 2.36. The van der Waals surface area contributed by atoms with E-state index in [1.807, 2.05) is 6.07 Å². The molecule has 2 aromatic rings. The van der Waals surface area contributed by atoms with Gasteiger partial charge in [-0.25, -0.2) is 4.79 Å². The minimum absolute atomic E-state index is 0.0434. The highest BCUT2D eigenvalue weighted by molar-refractivity contribution is 5.95. The van der Waals surface area contributed by atoms with Crippen molar-refractivity contribution in [3.63, 3.8) is 0 Å². The van der Waals surface area contributed by atoms with Gasteiger partial charge in [-0.05, 0) is 48.9 Å². The number of aryl methyl sites for hydroxylation is 2. The molecule has 0 amide bonds. The zero-order chi connectivity index (χ0) is 28.3. The third-order valence-electron chi connectivity index (χ3n) is 7.59. The maximum atomic E-state index is 12.8. The van der Waals surface area contributed by atoms with Crippen LogP contribution in [0.5, 0.6) is 23.0 Å². The van der Waals surface area contributed by atoms with Gasteiger partial charge in [0.05, 0.1) is 0 Å². The molecule has 0 fully saturated rings. The van der Waals surface area contributed by atoms with Crippen LogP contribution in [-0.2, 0) is 12.8 Å². The van der Waals surface area contributed by atoms with Crippen molar-refractivity contribution in [3.8, 4) is 23.0 Å². The fourth-order valence-corrected chi connectivity index (χ4v) is 5.07. The molecule has 2 aromatic carbocycles. The third-order valence-corrected chi connectivity index (χ3v) is 7.59. The minimum atomic E-state index is -0.809. The number of esters is 1. The molecule has 5 heteroatoms. The number of phenolic OH excluding ortho intramolecular Hbond substituents is 3. The predicted molar refractivity (Wildman–Crippen MR) is 160 cm³/mol. The SMILES string of the molecule is CCCCCCCCCCCCc1ccc(C(=O)Oc2cccc(CCCCCCCCC)c2O)c(O)c1O. The molecule has 0 aliphatic rings. The highest BCUT2D eigenvalue weighted by atomic mass is 16.5. The van der Waals surface area contributed by atoms with Gasteiger partial charge in [0.25, 0.3) is 0 Å². The average Bonchev–Trinajstić information content (AvgIpc) is 2.93. The molecule has 0 radical (unpaired) electrons. The van der Waals surface area contributed by atoms with E-state index < -0.39 is 11.7 Å². The molecule has 0 atom stereocenters. The molecule has 0 aliphatic heterocycles. The molecule has 3 N–H and O–H groups in total. The van der Waals surface area contributed by atoms with E-state index >= 15 is 0 Å². The van der Waals surface area contributed by atoms with Gasteiger partial charge in [-0.2, -0.15) is 0 Å². The third kappa shape index (κ3) is 11.9. The first-order valence-electron chi connectivity index (χ1n) is 15.6. The Labute approximate surface area is 236 Å². The molecule has 39 heavy (non-hydrogen) atoms. The van der Waals surface area contributed by atoms with Crippen molar-refractivity contribution in [2.24, 2.45) is 0 Å². The Hall–Kier alpha value is -2.69. The molecule has 0 aliphatic carbocycles. The second-order valence-electron chi connectivity index (χ2n) is 10.9. The molecule has 0 spiro atoms. The van der Waals surface area contributed by atoms with Crippen LogP contribution in [0.15, 0.2) is 30.3 Å². The van der Waals surface area contributed by atoms with Crippen LogP contribution in [0, 0.1) is 0 Å². The Morgan fingerprint density at radius 3 is 1.54 bits per heavy atom. The van der Waals surface area contributed by atoms with Crippen LogP contribution in [0.25, 0.3) is 0 Å². The Morgan fingerprint density at radius 2 is 1.03 bits per heavy atom. The smallest absolute Gasteiger partial charge is 0.347 e. The summed E-state index contributed by atoms with van der Waals surface area (Å²) in [7, 11) is 0. The molecule has 0 saturated carbocycles. The summed E-state index contributed by atoms with van der Waals surface area (Å²) in [5, 5.41) is 31.7. The number of rotatable bonds is 21. The van der Waals surface area contributed by atoms with Gasteiger partial charge in [0, 0.05) is 0 Å². The van der Waals surface area contributed by atoms with Crippen molar-refractivity contribution in [1.29, 1.82) is 0 Å². The molecule has 0 saturated heterocycles. The number of carbonyl (C=O) groups is 1. The quantitative estimate of drug-likeness (QED) is 0.0635. The van der Waals surface area contributed by atoms with Crippen molar-refractivity contribution >= 4 is 5.97 Å². The fourth-order valence-electron chi connectivity index (χ4n) is 5.07. The van der Waals surface area contributed by atoms with Crippen LogP contribution in [0.2, 0.25) is 0 Å². The molecular formula is C34H52O5. The van der Waals surface area contributed by atoms with Crippen molar-refractivity contribution in [2.75, 3.05) is 0 Å². The lowest BCUT2D eigenvalue weighted by molar-refractivity contribution is 0.0725. The summed E-state index contributed by atoms with van der Waals surface area (Å²) in [6, 6.07) is 8.30. The lowest BCUT2D eigenvalue weighted by Gasteiger charge is -2.13. The number of ether oxygens (including phenoxy) is 1. The van der Waals surface area contributed by atoms with E-state index in [4.69, 9.17) is 4.74 Å². The lowest BCUT2D eigenvalue weighted by atomic mass is 10.0. The normalized spacial score (nSPS) is 11.1. The van der Waals surface area contributed by atoms with Crippen LogP contribution in [0.3, 0.4) is 0 Å². The van der Waals surface area contributed by atoms with Crippen LogP contribution in [0.4, 0.5) is 0 Å². The highest BCUT2D eigenvalue weighted by Gasteiger charge is 2.21. The van der Waals surface area contributed by atoms with E-state index in [2.05, 4.69) is 13.8 Å².